The van der Waals surface area contributed by atoms with Gasteiger partial charge in [0.2, 0.25) is 5.91 Å². The van der Waals surface area contributed by atoms with E-state index < -0.39 is 5.82 Å². The molecule has 1 unspecified atom stereocenters. The van der Waals surface area contributed by atoms with Gasteiger partial charge in [0, 0.05) is 47.9 Å². The Morgan fingerprint density at radius 1 is 1.36 bits per heavy atom. The summed E-state index contributed by atoms with van der Waals surface area (Å²) in [6.07, 6.45) is 6.81. The number of pyridine rings is 1. The van der Waals surface area contributed by atoms with Crippen molar-refractivity contribution in [2.24, 2.45) is 5.92 Å². The summed E-state index contributed by atoms with van der Waals surface area (Å²) >= 11 is 7.68. The first-order valence-electron chi connectivity index (χ1n) is 10.8. The van der Waals surface area contributed by atoms with E-state index in [-0.39, 0.29) is 17.6 Å². The van der Waals surface area contributed by atoms with Crippen LogP contribution in [0.15, 0.2) is 42.2 Å². The van der Waals surface area contributed by atoms with Crippen LogP contribution in [0.4, 0.5) is 10.2 Å². The second-order valence-corrected chi connectivity index (χ2v) is 9.60. The van der Waals surface area contributed by atoms with Crippen molar-refractivity contribution >= 4 is 45.7 Å². The van der Waals surface area contributed by atoms with E-state index in [9.17, 15) is 9.18 Å². The molecule has 33 heavy (non-hydrogen) atoms. The van der Waals surface area contributed by atoms with E-state index in [2.05, 4.69) is 25.3 Å². The van der Waals surface area contributed by atoms with Crippen LogP contribution < -0.4 is 5.32 Å². The van der Waals surface area contributed by atoms with Crippen LogP contribution in [-0.4, -0.2) is 50.4 Å². The number of hydrogen-bond acceptors (Lipinski definition) is 6. The third-order valence-corrected chi connectivity index (χ3v) is 6.90. The third-order valence-electron chi connectivity index (χ3n) is 5.82. The summed E-state index contributed by atoms with van der Waals surface area (Å²) in [6, 6.07) is 5.72. The molecule has 4 aromatic heterocycles. The standard InChI is InChI=1S/C23H22ClFN6OS/c24-15-7-17-18(11-28-21(17)27-10-15)22-29-12-19(25)23(30-22)26-9-14-3-1-5-31(13-14)20(32)8-16-4-2-6-33-16/h2,4,6-7,10-12,14H,1,3,5,8-9,13H2,(H,27,28)(H,26,29,30). The maximum absolute atomic E-state index is 14.5. The summed E-state index contributed by atoms with van der Waals surface area (Å²) in [5.74, 6) is 0.373. The minimum absolute atomic E-state index is 0.143. The van der Waals surface area contributed by atoms with Crippen LogP contribution >= 0.6 is 22.9 Å². The van der Waals surface area contributed by atoms with E-state index in [0.717, 1.165) is 29.6 Å². The lowest BCUT2D eigenvalue weighted by Crippen LogP contribution is -2.42. The topological polar surface area (TPSA) is 86.8 Å². The van der Waals surface area contributed by atoms with Crippen LogP contribution in [0.3, 0.4) is 0 Å². The zero-order valence-corrected chi connectivity index (χ0v) is 19.3. The molecule has 5 heterocycles. The molecule has 1 aliphatic heterocycles. The fourth-order valence-electron chi connectivity index (χ4n) is 4.16. The van der Waals surface area contributed by atoms with Crippen LogP contribution in [0, 0.1) is 11.7 Å². The molecule has 1 atom stereocenters. The lowest BCUT2D eigenvalue weighted by molar-refractivity contribution is -0.132. The van der Waals surface area contributed by atoms with Crippen molar-refractivity contribution in [2.75, 3.05) is 25.0 Å². The molecule has 0 aliphatic carbocycles. The molecule has 1 fully saturated rings. The van der Waals surface area contributed by atoms with Gasteiger partial charge in [-0.2, -0.15) is 0 Å². The van der Waals surface area contributed by atoms with E-state index >= 15 is 0 Å². The smallest absolute Gasteiger partial charge is 0.227 e. The number of rotatable bonds is 6. The normalized spacial score (nSPS) is 16.3. The van der Waals surface area contributed by atoms with Gasteiger partial charge >= 0.3 is 0 Å². The molecule has 0 aromatic carbocycles. The minimum atomic E-state index is -0.517. The number of thiophene rings is 1. The molecule has 0 spiro atoms. The SMILES string of the molecule is O=C(Cc1cccs1)N1CCCC(CNc2nc(-c3c[nH]c4ncc(Cl)cc34)ncc2F)C1. The number of halogens is 2. The van der Waals surface area contributed by atoms with Gasteiger partial charge in [-0.1, -0.05) is 17.7 Å². The fraction of sp³-hybridized carbons (Fsp3) is 0.304. The van der Waals surface area contributed by atoms with Gasteiger partial charge in [0.05, 0.1) is 17.6 Å². The number of nitrogens with one attached hydrogen (secondary N) is 2. The van der Waals surface area contributed by atoms with Crippen LogP contribution in [0.2, 0.25) is 5.02 Å². The molecular formula is C23H22ClFN6OS. The van der Waals surface area contributed by atoms with Gasteiger partial charge in [0.25, 0.3) is 0 Å². The number of fused-ring (bicyclic) bond motifs is 1. The zero-order valence-electron chi connectivity index (χ0n) is 17.7. The highest BCUT2D eigenvalue weighted by Gasteiger charge is 2.24. The Kier molecular flexibility index (Phi) is 6.24. The van der Waals surface area contributed by atoms with Gasteiger partial charge in [-0.05, 0) is 36.3 Å². The van der Waals surface area contributed by atoms with Gasteiger partial charge in [-0.25, -0.2) is 19.3 Å². The molecule has 1 aliphatic rings. The van der Waals surface area contributed by atoms with E-state index in [1.165, 1.54) is 6.20 Å². The summed E-state index contributed by atoms with van der Waals surface area (Å²) in [5.41, 5.74) is 1.36. The lowest BCUT2D eigenvalue weighted by atomic mass is 9.97. The molecule has 4 aromatic rings. The average Bonchev–Trinajstić information content (AvgIpc) is 3.48. The quantitative estimate of drug-likeness (QED) is 0.412. The van der Waals surface area contributed by atoms with Crippen molar-refractivity contribution in [1.82, 2.24) is 24.8 Å². The number of amides is 1. The number of aromatic amines is 1. The van der Waals surface area contributed by atoms with E-state index in [0.29, 0.717) is 41.6 Å². The lowest BCUT2D eigenvalue weighted by Gasteiger charge is -2.33. The monoisotopic (exact) mass is 484 g/mol. The second kappa shape index (κ2) is 9.44. The van der Waals surface area contributed by atoms with Crippen LogP contribution in [0.5, 0.6) is 0 Å². The summed E-state index contributed by atoms with van der Waals surface area (Å²) in [7, 11) is 0. The van der Waals surface area contributed by atoms with Crippen molar-refractivity contribution in [3.8, 4) is 11.4 Å². The average molecular weight is 485 g/mol. The Bertz CT molecular complexity index is 1280. The number of piperidine rings is 1. The highest BCUT2D eigenvalue weighted by Crippen LogP contribution is 2.28. The third kappa shape index (κ3) is 4.84. The number of likely N-dealkylation sites (tertiary alicyclic amines) is 1. The Labute approximate surface area is 199 Å². The predicted molar refractivity (Wildman–Crippen MR) is 128 cm³/mol. The van der Waals surface area contributed by atoms with Crippen molar-refractivity contribution in [3.63, 3.8) is 0 Å². The largest absolute Gasteiger partial charge is 0.367 e. The number of aromatic nitrogens is 4. The molecule has 1 saturated heterocycles. The Balaban J connectivity index is 1.26. The minimum Gasteiger partial charge on any atom is -0.367 e. The predicted octanol–water partition coefficient (Wildman–Crippen LogP) is 4.77. The van der Waals surface area contributed by atoms with Crippen LogP contribution in [0.25, 0.3) is 22.4 Å². The van der Waals surface area contributed by atoms with E-state index in [1.807, 2.05) is 22.4 Å². The van der Waals surface area contributed by atoms with Crippen molar-refractivity contribution in [3.05, 3.63) is 57.9 Å². The first-order chi connectivity index (χ1) is 16.1. The first kappa shape index (κ1) is 21.8. The van der Waals surface area contributed by atoms with Gasteiger partial charge in [0.1, 0.15) is 5.65 Å². The van der Waals surface area contributed by atoms with Crippen molar-refractivity contribution in [1.29, 1.82) is 0 Å². The van der Waals surface area contributed by atoms with Crippen LogP contribution in [0.1, 0.15) is 17.7 Å². The van der Waals surface area contributed by atoms with Gasteiger partial charge in [-0.3, -0.25) is 4.79 Å². The summed E-state index contributed by atoms with van der Waals surface area (Å²) < 4.78 is 14.5. The van der Waals surface area contributed by atoms with Crippen molar-refractivity contribution in [2.45, 2.75) is 19.3 Å². The molecule has 0 bridgehead atoms. The Morgan fingerprint density at radius 2 is 2.27 bits per heavy atom. The molecule has 170 valence electrons. The number of carbonyl (C=O) groups is 1. The maximum Gasteiger partial charge on any atom is 0.227 e. The summed E-state index contributed by atoms with van der Waals surface area (Å²) in [5, 5.41) is 6.39. The highest BCUT2D eigenvalue weighted by molar-refractivity contribution is 7.10. The second-order valence-electron chi connectivity index (χ2n) is 8.13. The molecule has 7 nitrogen and oxygen atoms in total. The van der Waals surface area contributed by atoms with Gasteiger partial charge in [0.15, 0.2) is 17.5 Å². The van der Waals surface area contributed by atoms with Gasteiger partial charge in [-0.15, -0.1) is 11.3 Å². The Hall–Kier alpha value is -3.04. The molecule has 0 radical (unpaired) electrons. The van der Waals surface area contributed by atoms with Crippen molar-refractivity contribution < 1.29 is 9.18 Å². The first-order valence-corrected chi connectivity index (χ1v) is 12.0. The molecule has 5 rings (SSSR count). The van der Waals surface area contributed by atoms with E-state index in [1.54, 1.807) is 29.8 Å². The van der Waals surface area contributed by atoms with Crippen LogP contribution in [-0.2, 0) is 11.2 Å². The fourth-order valence-corrected chi connectivity index (χ4v) is 5.01. The molecule has 10 heteroatoms. The number of H-pyrrole nitrogens is 1. The highest BCUT2D eigenvalue weighted by atomic mass is 35.5. The molecule has 2 N–H and O–H groups in total. The summed E-state index contributed by atoms with van der Waals surface area (Å²) in [4.78, 5) is 31.5. The molecule has 1 amide bonds. The Morgan fingerprint density at radius 3 is 3.12 bits per heavy atom. The number of carbonyl (C=O) groups excluding carboxylic acids is 1. The number of hydrogen-bond donors (Lipinski definition) is 2. The molecule has 0 saturated carbocycles. The van der Waals surface area contributed by atoms with Gasteiger partial charge < -0.3 is 15.2 Å². The molecular weight excluding hydrogens is 463 g/mol. The summed E-state index contributed by atoms with van der Waals surface area (Å²) in [6.45, 7) is 1.95. The zero-order chi connectivity index (χ0) is 22.8. The maximum atomic E-state index is 14.5. The van der Waals surface area contributed by atoms with E-state index in [4.69, 9.17) is 11.6 Å². The number of nitrogens with zero attached hydrogens (tertiary/aromatic N) is 4. The number of anilines is 1.